The molecule has 0 saturated carbocycles. The van der Waals surface area contributed by atoms with Gasteiger partial charge in [0.25, 0.3) is 0 Å². The van der Waals surface area contributed by atoms with Crippen molar-refractivity contribution in [2.75, 3.05) is 19.5 Å². The zero-order chi connectivity index (χ0) is 9.24. The van der Waals surface area contributed by atoms with Gasteiger partial charge in [0.15, 0.2) is 14.6 Å². The molecule has 1 rings (SSSR count). The smallest absolute Gasteiger partial charge is 0.166 e. The van der Waals surface area contributed by atoms with Crippen molar-refractivity contribution in [2.24, 2.45) is 0 Å². The van der Waals surface area contributed by atoms with Gasteiger partial charge in [-0.2, -0.15) is 5.26 Å². The molecule has 1 aliphatic rings. The lowest BCUT2D eigenvalue weighted by Crippen LogP contribution is -2.41. The fraction of sp³-hybridized carbons (Fsp3) is 0.857. The maximum absolute atomic E-state index is 11.3. The van der Waals surface area contributed by atoms with Crippen molar-refractivity contribution in [3.05, 3.63) is 0 Å². The average Bonchev–Trinajstić information content (AvgIpc) is 2.04. The molecule has 0 aromatic rings. The Hall–Kier alpha value is -0.600. The maximum atomic E-state index is 11.3. The molecule has 0 bridgehead atoms. The first-order valence-electron chi connectivity index (χ1n) is 3.70. The van der Waals surface area contributed by atoms with E-state index in [4.69, 9.17) is 10.00 Å². The Bertz CT molecular complexity index is 295. The van der Waals surface area contributed by atoms with Crippen LogP contribution in [0.5, 0.6) is 0 Å². The number of sulfone groups is 1. The Kier molecular flexibility index (Phi) is 2.40. The van der Waals surface area contributed by atoms with Gasteiger partial charge >= 0.3 is 0 Å². The van der Waals surface area contributed by atoms with E-state index in [1.54, 1.807) is 0 Å². The molecule has 4 nitrogen and oxygen atoms in total. The van der Waals surface area contributed by atoms with Crippen LogP contribution in [-0.4, -0.2) is 32.6 Å². The highest BCUT2D eigenvalue weighted by Gasteiger charge is 2.42. The molecule has 0 aromatic carbocycles. The molecule has 0 unspecified atom stereocenters. The molecule has 1 heterocycles. The average molecular weight is 189 g/mol. The fourth-order valence-electron chi connectivity index (χ4n) is 1.27. The van der Waals surface area contributed by atoms with Crippen LogP contribution in [-0.2, 0) is 14.6 Å². The summed E-state index contributed by atoms with van der Waals surface area (Å²) in [5, 5.41) is 8.79. The zero-order valence-corrected chi connectivity index (χ0v) is 7.73. The second-order valence-electron chi connectivity index (χ2n) is 2.99. The van der Waals surface area contributed by atoms with Crippen LogP contribution in [0.15, 0.2) is 0 Å². The number of nitriles is 1. The van der Waals surface area contributed by atoms with Crippen molar-refractivity contribution in [1.29, 1.82) is 5.26 Å². The van der Waals surface area contributed by atoms with Crippen molar-refractivity contribution in [2.45, 2.75) is 17.6 Å². The second-order valence-corrected chi connectivity index (χ2v) is 5.32. The summed E-state index contributed by atoms with van der Waals surface area (Å²) in [4.78, 5) is 0. The Morgan fingerprint density at radius 3 is 2.17 bits per heavy atom. The third-order valence-corrected chi connectivity index (χ3v) is 4.13. The van der Waals surface area contributed by atoms with Crippen LogP contribution < -0.4 is 0 Å². The lowest BCUT2D eigenvalue weighted by Gasteiger charge is -2.28. The standard InChI is InChI=1S/C7H11NO3S/c1-12(9,10)7(6-8)2-4-11-5-3-7/h2-5H2,1H3. The van der Waals surface area contributed by atoms with Crippen molar-refractivity contribution in [3.63, 3.8) is 0 Å². The summed E-state index contributed by atoms with van der Waals surface area (Å²) in [6, 6.07) is 1.89. The number of hydrogen-bond donors (Lipinski definition) is 0. The van der Waals surface area contributed by atoms with E-state index in [0.717, 1.165) is 6.26 Å². The zero-order valence-electron chi connectivity index (χ0n) is 6.91. The molecule has 1 aliphatic heterocycles. The molecular formula is C7H11NO3S. The molecule has 12 heavy (non-hydrogen) atoms. The molecule has 0 aromatic heterocycles. The minimum atomic E-state index is -3.28. The van der Waals surface area contributed by atoms with Gasteiger partial charge in [0.1, 0.15) is 0 Å². The van der Waals surface area contributed by atoms with Gasteiger partial charge in [-0.15, -0.1) is 0 Å². The first-order chi connectivity index (χ1) is 5.52. The van der Waals surface area contributed by atoms with E-state index in [2.05, 4.69) is 0 Å². The third-order valence-electron chi connectivity index (χ3n) is 2.21. The van der Waals surface area contributed by atoms with Gasteiger partial charge in [-0.25, -0.2) is 8.42 Å². The van der Waals surface area contributed by atoms with E-state index >= 15 is 0 Å². The minimum Gasteiger partial charge on any atom is -0.381 e. The summed E-state index contributed by atoms with van der Waals surface area (Å²) < 4.78 is 26.3. The van der Waals surface area contributed by atoms with Crippen molar-refractivity contribution >= 4 is 9.84 Å². The van der Waals surface area contributed by atoms with Gasteiger partial charge in [-0.3, -0.25) is 0 Å². The molecular weight excluding hydrogens is 178 g/mol. The van der Waals surface area contributed by atoms with E-state index in [9.17, 15) is 8.42 Å². The van der Waals surface area contributed by atoms with Crippen molar-refractivity contribution in [1.82, 2.24) is 0 Å². The fourth-order valence-corrected chi connectivity index (χ4v) is 2.34. The van der Waals surface area contributed by atoms with E-state index in [-0.39, 0.29) is 0 Å². The molecule has 0 aliphatic carbocycles. The van der Waals surface area contributed by atoms with Crippen LogP contribution in [0.25, 0.3) is 0 Å². The SMILES string of the molecule is CS(=O)(=O)C1(C#N)CCOCC1. The largest absolute Gasteiger partial charge is 0.381 e. The predicted octanol–water partition coefficient (Wildman–Crippen LogP) is 0.104. The first kappa shape index (κ1) is 9.49. The third kappa shape index (κ3) is 1.45. The molecule has 0 spiro atoms. The van der Waals surface area contributed by atoms with E-state index in [0.29, 0.717) is 26.1 Å². The molecule has 5 heteroatoms. The molecule has 0 amide bonds. The Labute approximate surface area is 72.1 Å². The molecule has 0 atom stereocenters. The monoisotopic (exact) mass is 189 g/mol. The van der Waals surface area contributed by atoms with E-state index in [1.165, 1.54) is 0 Å². The van der Waals surface area contributed by atoms with E-state index < -0.39 is 14.6 Å². The summed E-state index contributed by atoms with van der Waals surface area (Å²) in [5.74, 6) is 0. The lowest BCUT2D eigenvalue weighted by atomic mass is 10.0. The lowest BCUT2D eigenvalue weighted by molar-refractivity contribution is 0.0865. The Morgan fingerprint density at radius 1 is 1.42 bits per heavy atom. The maximum Gasteiger partial charge on any atom is 0.166 e. The van der Waals surface area contributed by atoms with Crippen molar-refractivity contribution in [3.8, 4) is 6.07 Å². The topological polar surface area (TPSA) is 67.2 Å². The van der Waals surface area contributed by atoms with Crippen LogP contribution >= 0.6 is 0 Å². The second kappa shape index (κ2) is 3.04. The van der Waals surface area contributed by atoms with Gasteiger partial charge in [-0.05, 0) is 0 Å². The summed E-state index contributed by atoms with van der Waals surface area (Å²) in [6.45, 7) is 0.723. The first-order valence-corrected chi connectivity index (χ1v) is 5.60. The number of nitrogens with zero attached hydrogens (tertiary/aromatic N) is 1. The number of hydrogen-bond acceptors (Lipinski definition) is 4. The molecule has 1 saturated heterocycles. The van der Waals surface area contributed by atoms with Crippen molar-refractivity contribution < 1.29 is 13.2 Å². The summed E-state index contributed by atoms with van der Waals surface area (Å²) in [7, 11) is -3.28. The highest BCUT2D eigenvalue weighted by Crippen LogP contribution is 2.27. The van der Waals surface area contributed by atoms with Gasteiger partial charge in [0.2, 0.25) is 0 Å². The highest BCUT2D eigenvalue weighted by atomic mass is 32.2. The highest BCUT2D eigenvalue weighted by molar-refractivity contribution is 7.92. The van der Waals surface area contributed by atoms with E-state index in [1.807, 2.05) is 6.07 Å². The molecule has 68 valence electrons. The number of ether oxygens (including phenoxy) is 1. The minimum absolute atomic E-state index is 0.294. The Balaban J connectivity index is 2.99. The van der Waals surface area contributed by atoms with Crippen LogP contribution in [0.2, 0.25) is 0 Å². The Morgan fingerprint density at radius 2 is 1.92 bits per heavy atom. The molecule has 0 N–H and O–H groups in total. The number of rotatable bonds is 1. The predicted molar refractivity (Wildman–Crippen MR) is 43.2 cm³/mol. The summed E-state index contributed by atoms with van der Waals surface area (Å²) >= 11 is 0. The summed E-state index contributed by atoms with van der Waals surface area (Å²) in [6.07, 6.45) is 1.70. The van der Waals surface area contributed by atoms with Gasteiger partial charge < -0.3 is 4.74 Å². The quantitative estimate of drug-likeness (QED) is 0.587. The normalized spacial score (nSPS) is 23.0. The van der Waals surface area contributed by atoms with Crippen LogP contribution in [0.4, 0.5) is 0 Å². The molecule has 1 fully saturated rings. The van der Waals surface area contributed by atoms with Gasteiger partial charge in [0.05, 0.1) is 6.07 Å². The van der Waals surface area contributed by atoms with Gasteiger partial charge in [-0.1, -0.05) is 0 Å². The van der Waals surface area contributed by atoms with Crippen LogP contribution in [0, 0.1) is 11.3 Å². The van der Waals surface area contributed by atoms with Gasteiger partial charge in [0, 0.05) is 32.3 Å². The van der Waals surface area contributed by atoms with Crippen LogP contribution in [0.3, 0.4) is 0 Å². The summed E-state index contributed by atoms with van der Waals surface area (Å²) in [5.41, 5.74) is 0. The van der Waals surface area contributed by atoms with Crippen LogP contribution in [0.1, 0.15) is 12.8 Å². The molecule has 0 radical (unpaired) electrons.